The molecule has 2 aromatic heterocycles. The second-order valence-corrected chi connectivity index (χ2v) is 7.30. The Morgan fingerprint density at radius 2 is 2.13 bits per heavy atom. The Bertz CT molecular complexity index is 934. The SMILES string of the molecule is Cc1nc2c([N+](=O)[O-])c(Br)sc2c(=O)n1C1CCC(=O)NC1=O. The van der Waals surface area contributed by atoms with E-state index in [2.05, 4.69) is 26.2 Å². The van der Waals surface area contributed by atoms with Crippen LogP contribution in [0.15, 0.2) is 8.58 Å². The molecule has 0 aromatic carbocycles. The third kappa shape index (κ3) is 2.45. The molecule has 9 nitrogen and oxygen atoms in total. The molecule has 2 amide bonds. The Morgan fingerprint density at radius 1 is 1.43 bits per heavy atom. The summed E-state index contributed by atoms with van der Waals surface area (Å²) in [5, 5.41) is 13.3. The van der Waals surface area contributed by atoms with Gasteiger partial charge in [0, 0.05) is 6.42 Å². The molecule has 0 spiro atoms. The van der Waals surface area contributed by atoms with Crippen molar-refractivity contribution in [3.05, 3.63) is 30.1 Å². The van der Waals surface area contributed by atoms with E-state index in [9.17, 15) is 24.5 Å². The number of amides is 2. The number of imide groups is 1. The molecule has 0 bridgehead atoms. The molecule has 1 aliphatic heterocycles. The molecule has 0 saturated carbocycles. The molecule has 120 valence electrons. The second-order valence-electron chi connectivity index (χ2n) is 4.96. The summed E-state index contributed by atoms with van der Waals surface area (Å²) in [5.41, 5.74) is -0.792. The van der Waals surface area contributed by atoms with Crippen molar-refractivity contribution in [2.75, 3.05) is 0 Å². The smallest absolute Gasteiger partial charge is 0.295 e. The molecule has 1 N–H and O–H groups in total. The highest BCUT2D eigenvalue weighted by Gasteiger charge is 2.32. The van der Waals surface area contributed by atoms with Crippen LogP contribution in [0.5, 0.6) is 0 Å². The van der Waals surface area contributed by atoms with Crippen molar-refractivity contribution >= 4 is 55.0 Å². The lowest BCUT2D eigenvalue weighted by Gasteiger charge is -2.23. The number of aryl methyl sites for hydroxylation is 1. The predicted molar refractivity (Wildman–Crippen MR) is 84.4 cm³/mol. The first kappa shape index (κ1) is 15.7. The number of carbonyl (C=O) groups is 2. The molecule has 2 aromatic rings. The fraction of sp³-hybridized carbons (Fsp3) is 0.333. The Hall–Kier alpha value is -2.14. The highest BCUT2D eigenvalue weighted by atomic mass is 79.9. The van der Waals surface area contributed by atoms with Gasteiger partial charge in [-0.2, -0.15) is 0 Å². The molecule has 3 rings (SSSR count). The summed E-state index contributed by atoms with van der Waals surface area (Å²) >= 11 is 3.98. The van der Waals surface area contributed by atoms with Gasteiger partial charge in [-0.05, 0) is 29.3 Å². The standard InChI is InChI=1S/C12H9BrN4O5S/c1-4-14-7-8(17(21)22)10(13)23-9(7)12(20)16(4)5-2-3-6(18)15-11(5)19/h5H,2-3H2,1H3,(H,15,18,19). The first-order chi connectivity index (χ1) is 10.8. The van der Waals surface area contributed by atoms with Gasteiger partial charge >= 0.3 is 5.69 Å². The van der Waals surface area contributed by atoms with Crippen LogP contribution in [0.1, 0.15) is 24.7 Å². The Labute approximate surface area is 140 Å². The van der Waals surface area contributed by atoms with E-state index in [4.69, 9.17) is 0 Å². The minimum absolute atomic E-state index is 0.00193. The van der Waals surface area contributed by atoms with Crippen LogP contribution in [0.3, 0.4) is 0 Å². The van der Waals surface area contributed by atoms with Gasteiger partial charge in [-0.15, -0.1) is 11.3 Å². The molecule has 3 heterocycles. The van der Waals surface area contributed by atoms with Crippen LogP contribution < -0.4 is 10.9 Å². The topological polar surface area (TPSA) is 124 Å². The summed E-state index contributed by atoms with van der Waals surface area (Å²) in [7, 11) is 0. The van der Waals surface area contributed by atoms with Crippen molar-refractivity contribution in [1.29, 1.82) is 0 Å². The predicted octanol–water partition coefficient (Wildman–Crippen LogP) is 1.41. The number of nitrogens with zero attached hydrogens (tertiary/aromatic N) is 3. The maximum atomic E-state index is 12.7. The number of nitrogens with one attached hydrogen (secondary N) is 1. The molecular weight excluding hydrogens is 392 g/mol. The van der Waals surface area contributed by atoms with Crippen LogP contribution in [0.4, 0.5) is 5.69 Å². The second kappa shape index (κ2) is 5.49. The zero-order valence-corrected chi connectivity index (χ0v) is 14.1. The van der Waals surface area contributed by atoms with Gasteiger partial charge in [0.05, 0.1) is 4.92 Å². The first-order valence-corrected chi connectivity index (χ1v) is 8.11. The number of rotatable bonds is 2. The zero-order valence-electron chi connectivity index (χ0n) is 11.7. The lowest BCUT2D eigenvalue weighted by Crippen LogP contribution is -2.45. The van der Waals surface area contributed by atoms with E-state index in [-0.39, 0.29) is 44.3 Å². The van der Waals surface area contributed by atoms with E-state index < -0.39 is 22.4 Å². The summed E-state index contributed by atoms with van der Waals surface area (Å²) in [6.45, 7) is 1.50. The first-order valence-electron chi connectivity index (χ1n) is 6.50. The van der Waals surface area contributed by atoms with E-state index in [0.29, 0.717) is 0 Å². The van der Waals surface area contributed by atoms with Gasteiger partial charge in [0.25, 0.3) is 5.56 Å². The third-order valence-corrected chi connectivity index (χ3v) is 5.36. The highest BCUT2D eigenvalue weighted by molar-refractivity contribution is 9.11. The number of piperidine rings is 1. The van der Waals surface area contributed by atoms with Crippen LogP contribution >= 0.6 is 27.3 Å². The van der Waals surface area contributed by atoms with Gasteiger partial charge in [0.15, 0.2) is 9.30 Å². The summed E-state index contributed by atoms with van der Waals surface area (Å²) in [4.78, 5) is 50.6. The van der Waals surface area contributed by atoms with Crippen LogP contribution in [0.25, 0.3) is 10.2 Å². The monoisotopic (exact) mass is 400 g/mol. The molecule has 0 radical (unpaired) electrons. The van der Waals surface area contributed by atoms with Gasteiger partial charge < -0.3 is 0 Å². The normalized spacial score (nSPS) is 18.3. The number of aromatic nitrogens is 2. The fourth-order valence-electron chi connectivity index (χ4n) is 2.56. The third-order valence-electron chi connectivity index (χ3n) is 3.56. The van der Waals surface area contributed by atoms with Crippen molar-refractivity contribution in [3.8, 4) is 0 Å². The summed E-state index contributed by atoms with van der Waals surface area (Å²) in [5.74, 6) is -0.774. The number of hydrogen-bond acceptors (Lipinski definition) is 7. The summed E-state index contributed by atoms with van der Waals surface area (Å²) in [6.07, 6.45) is 0.307. The van der Waals surface area contributed by atoms with E-state index in [1.54, 1.807) is 0 Å². The quantitative estimate of drug-likeness (QED) is 0.461. The number of fused-ring (bicyclic) bond motifs is 1. The van der Waals surface area contributed by atoms with Crippen molar-refractivity contribution in [3.63, 3.8) is 0 Å². The van der Waals surface area contributed by atoms with Crippen molar-refractivity contribution in [2.24, 2.45) is 0 Å². The summed E-state index contributed by atoms with van der Waals surface area (Å²) < 4.78 is 1.48. The minimum Gasteiger partial charge on any atom is -0.295 e. The summed E-state index contributed by atoms with van der Waals surface area (Å²) in [6, 6.07) is -0.850. The largest absolute Gasteiger partial charge is 0.320 e. The average molecular weight is 401 g/mol. The van der Waals surface area contributed by atoms with Crippen LogP contribution in [0.2, 0.25) is 0 Å². The number of carbonyl (C=O) groups excluding carboxylic acids is 2. The van der Waals surface area contributed by atoms with E-state index >= 15 is 0 Å². The molecule has 11 heteroatoms. The van der Waals surface area contributed by atoms with E-state index in [1.807, 2.05) is 0 Å². The maximum Gasteiger partial charge on any atom is 0.320 e. The zero-order chi connectivity index (χ0) is 16.9. The molecule has 1 atom stereocenters. The molecule has 1 unspecified atom stereocenters. The number of thiophene rings is 1. The Morgan fingerprint density at radius 3 is 2.74 bits per heavy atom. The lowest BCUT2D eigenvalue weighted by molar-refractivity contribution is -0.383. The number of hydrogen-bond donors (Lipinski definition) is 1. The fourth-order valence-corrected chi connectivity index (χ4v) is 4.25. The van der Waals surface area contributed by atoms with Crippen molar-refractivity contribution in [1.82, 2.24) is 14.9 Å². The highest BCUT2D eigenvalue weighted by Crippen LogP contribution is 2.39. The molecule has 23 heavy (non-hydrogen) atoms. The van der Waals surface area contributed by atoms with Crippen LogP contribution in [-0.2, 0) is 9.59 Å². The molecule has 0 aliphatic carbocycles. The van der Waals surface area contributed by atoms with Gasteiger partial charge in [-0.25, -0.2) is 4.98 Å². The van der Waals surface area contributed by atoms with Gasteiger partial charge in [-0.3, -0.25) is 34.4 Å². The number of halogens is 1. The molecular formula is C12H9BrN4O5S. The van der Waals surface area contributed by atoms with E-state index in [0.717, 1.165) is 11.3 Å². The van der Waals surface area contributed by atoms with Gasteiger partial charge in [0.1, 0.15) is 16.6 Å². The molecule has 1 saturated heterocycles. The van der Waals surface area contributed by atoms with E-state index in [1.165, 1.54) is 11.5 Å². The van der Waals surface area contributed by atoms with Gasteiger partial charge in [0.2, 0.25) is 11.8 Å². The van der Waals surface area contributed by atoms with Crippen molar-refractivity contribution < 1.29 is 14.5 Å². The number of nitro groups is 1. The van der Waals surface area contributed by atoms with Crippen molar-refractivity contribution in [2.45, 2.75) is 25.8 Å². The average Bonchev–Trinajstić information content (AvgIpc) is 2.77. The Kier molecular flexibility index (Phi) is 3.76. The van der Waals surface area contributed by atoms with Crippen LogP contribution in [0, 0.1) is 17.0 Å². The Balaban J connectivity index is 2.24. The maximum absolute atomic E-state index is 12.7. The minimum atomic E-state index is -0.850. The lowest BCUT2D eigenvalue weighted by atomic mass is 10.1. The molecule has 1 fully saturated rings. The molecule has 1 aliphatic rings. The van der Waals surface area contributed by atoms with Crippen LogP contribution in [-0.4, -0.2) is 26.3 Å². The van der Waals surface area contributed by atoms with Gasteiger partial charge in [-0.1, -0.05) is 0 Å².